The first-order valence-electron chi connectivity index (χ1n) is 36.3. The first kappa shape index (κ1) is 76.6. The maximum Gasteiger partial charge on any atom is 0.0107 e. The summed E-state index contributed by atoms with van der Waals surface area (Å²) in [5.74, 6) is 3.04. The third-order valence-corrected chi connectivity index (χ3v) is 17.8. The van der Waals surface area contributed by atoms with Gasteiger partial charge in [-0.2, -0.15) is 0 Å². The maximum atomic E-state index is 4.39. The van der Waals surface area contributed by atoms with Crippen LogP contribution in [0.25, 0.3) is 0 Å². The Kier molecular flexibility index (Phi) is 62.8. The second-order valence-electron chi connectivity index (χ2n) is 26.4. The minimum Gasteiger partial charge on any atom is -0.314 e. The molecule has 0 aliphatic rings. The lowest BCUT2D eigenvalue weighted by Crippen LogP contribution is -2.40. The zero-order valence-electron chi connectivity index (χ0n) is 55.2. The highest BCUT2D eigenvalue weighted by atomic mass is 15.2. The number of unbranched alkanes of at least 4 members (excludes halogenated alkanes) is 38. The largest absolute Gasteiger partial charge is 0.314 e. The van der Waals surface area contributed by atoms with E-state index in [1.165, 1.54) is 367 Å². The molecule has 4 unspecified atom stereocenters. The molecule has 4 heteroatoms. The maximum absolute atomic E-state index is 4.39. The molecule has 0 fully saturated rings. The number of hydrogen-bond donors (Lipinski definition) is 1. The quantitative estimate of drug-likeness (QED) is 0.0484. The Morgan fingerprint density at radius 2 is 0.532 bits per heavy atom. The van der Waals surface area contributed by atoms with E-state index < -0.39 is 0 Å². The molecule has 77 heavy (non-hydrogen) atoms. The van der Waals surface area contributed by atoms with Crippen molar-refractivity contribution in [1.29, 1.82) is 0 Å². The Balaban J connectivity index is 5.05. The van der Waals surface area contributed by atoms with Gasteiger partial charge in [0.05, 0.1) is 0 Å². The van der Waals surface area contributed by atoms with E-state index in [9.17, 15) is 0 Å². The molecule has 0 heterocycles. The molecule has 0 bridgehead atoms. The number of nitrogens with one attached hydrogen (secondary N) is 1. The van der Waals surface area contributed by atoms with E-state index in [2.05, 4.69) is 88.1 Å². The number of hydrogen-bond acceptors (Lipinski definition) is 4. The Morgan fingerprint density at radius 1 is 0.273 bits per heavy atom. The zero-order valence-corrected chi connectivity index (χ0v) is 55.2. The summed E-state index contributed by atoms with van der Waals surface area (Å²) in [7, 11) is 0. The summed E-state index contributed by atoms with van der Waals surface area (Å²) in [5.41, 5.74) is 0. The van der Waals surface area contributed by atoms with Gasteiger partial charge in [-0.15, -0.1) is 6.58 Å². The van der Waals surface area contributed by atoms with Crippen LogP contribution >= 0.6 is 0 Å². The normalized spacial score (nSPS) is 13.6. The second-order valence-corrected chi connectivity index (χ2v) is 26.4. The van der Waals surface area contributed by atoms with Crippen LogP contribution in [0.4, 0.5) is 0 Å². The van der Waals surface area contributed by atoms with Crippen LogP contribution in [0.3, 0.4) is 0 Å². The predicted octanol–water partition coefficient (Wildman–Crippen LogP) is 23.0. The highest BCUT2D eigenvalue weighted by molar-refractivity contribution is 4.83. The van der Waals surface area contributed by atoms with Crippen molar-refractivity contribution in [2.24, 2.45) is 23.7 Å². The molecule has 1 N–H and O–H groups in total. The van der Waals surface area contributed by atoms with E-state index in [0.29, 0.717) is 5.92 Å². The molecule has 0 saturated heterocycles. The molecule has 0 amide bonds. The van der Waals surface area contributed by atoms with Crippen LogP contribution in [0.15, 0.2) is 12.7 Å². The fourth-order valence-electron chi connectivity index (χ4n) is 12.7. The van der Waals surface area contributed by atoms with Crippen molar-refractivity contribution in [2.75, 3.05) is 72.0 Å². The van der Waals surface area contributed by atoms with E-state index in [1.54, 1.807) is 0 Å². The average Bonchev–Trinajstić information content (AvgIpc) is 3.42. The third kappa shape index (κ3) is 57.2. The molecule has 4 nitrogen and oxygen atoms in total. The lowest BCUT2D eigenvalue weighted by Gasteiger charge is -2.29. The first-order chi connectivity index (χ1) is 37.8. The molecule has 0 rings (SSSR count). The van der Waals surface area contributed by atoms with Gasteiger partial charge < -0.3 is 20.0 Å². The summed E-state index contributed by atoms with van der Waals surface area (Å²) < 4.78 is 0. The van der Waals surface area contributed by atoms with E-state index in [0.717, 1.165) is 30.8 Å². The summed E-state index contributed by atoms with van der Waals surface area (Å²) in [4.78, 5) is 8.54. The second kappa shape index (κ2) is 63.2. The van der Waals surface area contributed by atoms with Crippen molar-refractivity contribution in [3.8, 4) is 0 Å². The Morgan fingerprint density at radius 3 is 0.844 bits per heavy atom. The average molecular weight is 1080 g/mol. The topological polar surface area (TPSA) is 21.8 Å². The molecule has 462 valence electrons. The molecule has 0 aliphatic carbocycles. The Labute approximate surface area is 489 Å². The molecule has 0 aromatic carbocycles. The monoisotopic (exact) mass is 1080 g/mol. The lowest BCUT2D eigenvalue weighted by molar-refractivity contribution is 0.194. The summed E-state index contributed by atoms with van der Waals surface area (Å²) in [6.07, 6.45) is 70.5. The van der Waals surface area contributed by atoms with Crippen LogP contribution in [-0.4, -0.2) is 86.7 Å². The van der Waals surface area contributed by atoms with Gasteiger partial charge in [0.2, 0.25) is 0 Å². The lowest BCUT2D eigenvalue weighted by atomic mass is 9.97. The van der Waals surface area contributed by atoms with Crippen LogP contribution < -0.4 is 5.32 Å². The van der Waals surface area contributed by atoms with Gasteiger partial charge in [0, 0.05) is 52.4 Å². The predicted molar refractivity (Wildman–Crippen MR) is 353 cm³/mol. The van der Waals surface area contributed by atoms with Crippen molar-refractivity contribution in [3.63, 3.8) is 0 Å². The summed E-state index contributed by atoms with van der Waals surface area (Å²) in [6.45, 7) is 37.3. The molecular weight excluding hydrogens is 933 g/mol. The summed E-state index contributed by atoms with van der Waals surface area (Å²) in [5, 5.41) is 3.96. The Hall–Kier alpha value is -0.420. The smallest absolute Gasteiger partial charge is 0.0107 e. The first-order valence-corrected chi connectivity index (χ1v) is 36.3. The van der Waals surface area contributed by atoms with Crippen LogP contribution in [0.5, 0.6) is 0 Å². The Bertz CT molecular complexity index is 1060. The van der Waals surface area contributed by atoms with Gasteiger partial charge in [0.15, 0.2) is 0 Å². The van der Waals surface area contributed by atoms with Gasteiger partial charge >= 0.3 is 0 Å². The van der Waals surface area contributed by atoms with Crippen LogP contribution in [-0.2, 0) is 0 Å². The third-order valence-electron chi connectivity index (χ3n) is 17.8. The fraction of sp³-hybridized carbons (Fsp3) is 0.973. The van der Waals surface area contributed by atoms with Crippen molar-refractivity contribution in [1.82, 2.24) is 20.0 Å². The van der Waals surface area contributed by atoms with E-state index >= 15 is 0 Å². The van der Waals surface area contributed by atoms with E-state index in [4.69, 9.17) is 0 Å². The van der Waals surface area contributed by atoms with Crippen LogP contribution in [0.2, 0.25) is 0 Å². The van der Waals surface area contributed by atoms with Crippen molar-refractivity contribution >= 4 is 0 Å². The van der Waals surface area contributed by atoms with Gasteiger partial charge in [-0.25, -0.2) is 0 Å². The van der Waals surface area contributed by atoms with Gasteiger partial charge in [-0.3, -0.25) is 0 Å². The van der Waals surface area contributed by atoms with Crippen molar-refractivity contribution in [2.45, 2.75) is 364 Å². The molecule has 0 radical (unpaired) electrons. The molecule has 0 aromatic heterocycles. The van der Waals surface area contributed by atoms with Crippen LogP contribution in [0.1, 0.15) is 364 Å². The highest BCUT2D eigenvalue weighted by Crippen LogP contribution is 2.22. The molecule has 0 spiro atoms. The van der Waals surface area contributed by atoms with Crippen LogP contribution in [0, 0.1) is 23.7 Å². The minimum atomic E-state index is 0.642. The molecular formula is C73H150N4. The molecule has 0 saturated carbocycles. The molecule has 0 aromatic rings. The molecule has 0 aliphatic heterocycles. The highest BCUT2D eigenvalue weighted by Gasteiger charge is 2.17. The SMILES string of the molecule is C=CC(CCCCCCCCCCCC)CN(CCCCCN(CCC)CCNCCN(CC(C)CCCCCCCCCCCC)CC(C)CCCCCCCCCCCC)CC(C)CCCCCCCCCCCC. The number of nitrogens with zero attached hydrogens (tertiary/aromatic N) is 3. The summed E-state index contributed by atoms with van der Waals surface area (Å²) in [6, 6.07) is 0. The van der Waals surface area contributed by atoms with Gasteiger partial charge in [0.1, 0.15) is 0 Å². The van der Waals surface area contributed by atoms with E-state index in [-0.39, 0.29) is 0 Å². The molecule has 4 atom stereocenters. The van der Waals surface area contributed by atoms with Crippen molar-refractivity contribution in [3.05, 3.63) is 12.7 Å². The minimum absolute atomic E-state index is 0.642. The van der Waals surface area contributed by atoms with Gasteiger partial charge in [0.25, 0.3) is 0 Å². The van der Waals surface area contributed by atoms with Gasteiger partial charge in [-0.05, 0) is 88.3 Å². The standard InChI is InChI=1S/C73H150N4/c1-10-16-20-24-28-32-36-40-44-49-55-70(7)66-76(69-73(15-6)58-52-47-43-39-35-31-27-23-19-13-4)63-54-48-53-62-75(61-14-5)64-59-74-60-65-77(67-71(8)56-50-45-41-37-33-29-25-21-17-11-2)68-72(9)57-51-46-42-38-34-30-26-22-18-12-3/h15,70-74H,6,10-14,16-69H2,1-5,7-9H3. The van der Waals surface area contributed by atoms with E-state index in [1.807, 2.05) is 0 Å². The number of rotatable bonds is 67. The van der Waals surface area contributed by atoms with Gasteiger partial charge in [-0.1, -0.05) is 325 Å². The zero-order chi connectivity index (χ0) is 56.2. The fourth-order valence-corrected chi connectivity index (χ4v) is 12.7. The van der Waals surface area contributed by atoms with Crippen molar-refractivity contribution < 1.29 is 0 Å². The summed E-state index contributed by atoms with van der Waals surface area (Å²) >= 11 is 0.